The molecule has 1 N–H and O–H groups in total. The lowest BCUT2D eigenvalue weighted by atomic mass is 10.1. The second-order valence-electron chi connectivity index (χ2n) is 4.84. The van der Waals surface area contributed by atoms with Gasteiger partial charge in [0.25, 0.3) is 0 Å². The van der Waals surface area contributed by atoms with Crippen molar-refractivity contribution in [3.05, 3.63) is 47.0 Å². The summed E-state index contributed by atoms with van der Waals surface area (Å²) in [6, 6.07) is 3.69. The van der Waals surface area contributed by atoms with Crippen LogP contribution >= 0.6 is 0 Å². The van der Waals surface area contributed by atoms with Crippen LogP contribution in [-0.4, -0.2) is 28.4 Å². The molecule has 1 aromatic carbocycles. The highest BCUT2D eigenvalue weighted by molar-refractivity contribution is 5.88. The lowest BCUT2D eigenvalue weighted by Crippen LogP contribution is -2.31. The van der Waals surface area contributed by atoms with Gasteiger partial charge in [-0.25, -0.2) is 8.78 Å². The minimum absolute atomic E-state index is 0.0101. The number of halogens is 2. The summed E-state index contributed by atoms with van der Waals surface area (Å²) in [6.45, 7) is 3.18. The van der Waals surface area contributed by atoms with Gasteiger partial charge in [-0.15, -0.1) is 0 Å². The zero-order valence-electron chi connectivity index (χ0n) is 11.9. The molecule has 21 heavy (non-hydrogen) atoms. The van der Waals surface area contributed by atoms with Crippen LogP contribution in [0.5, 0.6) is 0 Å². The minimum atomic E-state index is -1.07. The third kappa shape index (κ3) is 5.33. The summed E-state index contributed by atoms with van der Waals surface area (Å²) in [7, 11) is 0. The van der Waals surface area contributed by atoms with Crippen molar-refractivity contribution in [1.82, 2.24) is 4.90 Å². The number of carbonyl (C=O) groups is 2. The first-order valence-corrected chi connectivity index (χ1v) is 6.39. The van der Waals surface area contributed by atoms with Crippen molar-refractivity contribution in [1.29, 1.82) is 0 Å². The average molecular weight is 297 g/mol. The number of nitrogens with zero attached hydrogens (tertiary/aromatic N) is 1. The highest BCUT2D eigenvalue weighted by Crippen LogP contribution is 2.14. The molecule has 1 aromatic rings. The van der Waals surface area contributed by atoms with Crippen molar-refractivity contribution in [2.45, 2.75) is 26.8 Å². The SMILES string of the molecule is CC(C)=CC(=O)N(CCC(=O)O)Cc1cccc(F)c1F. The van der Waals surface area contributed by atoms with Crippen LogP contribution in [0.4, 0.5) is 8.78 Å². The van der Waals surface area contributed by atoms with E-state index in [-0.39, 0.29) is 25.1 Å². The van der Waals surface area contributed by atoms with Gasteiger partial charge in [0, 0.05) is 24.7 Å². The Morgan fingerprint density at radius 1 is 1.29 bits per heavy atom. The second kappa shape index (κ2) is 7.52. The molecule has 0 saturated heterocycles. The minimum Gasteiger partial charge on any atom is -0.481 e. The first-order chi connectivity index (χ1) is 9.81. The Morgan fingerprint density at radius 2 is 1.95 bits per heavy atom. The predicted molar refractivity (Wildman–Crippen MR) is 73.5 cm³/mol. The number of benzene rings is 1. The molecule has 0 atom stereocenters. The number of carbonyl (C=O) groups excluding carboxylic acids is 1. The second-order valence-corrected chi connectivity index (χ2v) is 4.84. The van der Waals surface area contributed by atoms with Gasteiger partial charge in [0.05, 0.1) is 6.42 Å². The molecule has 0 bridgehead atoms. The van der Waals surface area contributed by atoms with Crippen molar-refractivity contribution in [3.63, 3.8) is 0 Å². The molecule has 6 heteroatoms. The van der Waals surface area contributed by atoms with E-state index in [0.717, 1.165) is 11.6 Å². The van der Waals surface area contributed by atoms with E-state index in [1.165, 1.54) is 23.1 Å². The van der Waals surface area contributed by atoms with E-state index >= 15 is 0 Å². The van der Waals surface area contributed by atoms with Crippen LogP contribution in [0.3, 0.4) is 0 Å². The highest BCUT2D eigenvalue weighted by atomic mass is 19.2. The van der Waals surface area contributed by atoms with E-state index < -0.39 is 23.5 Å². The molecule has 1 amide bonds. The van der Waals surface area contributed by atoms with Gasteiger partial charge in [0.15, 0.2) is 11.6 Å². The normalized spacial score (nSPS) is 10.1. The number of hydrogen-bond acceptors (Lipinski definition) is 2. The summed E-state index contributed by atoms with van der Waals surface area (Å²) in [6.07, 6.45) is 1.07. The van der Waals surface area contributed by atoms with Gasteiger partial charge in [-0.2, -0.15) is 0 Å². The Labute approximate surface area is 121 Å². The Morgan fingerprint density at radius 3 is 2.52 bits per heavy atom. The zero-order valence-corrected chi connectivity index (χ0v) is 11.9. The van der Waals surface area contributed by atoms with E-state index in [1.807, 2.05) is 0 Å². The molecule has 0 aromatic heterocycles. The van der Waals surface area contributed by atoms with Gasteiger partial charge in [-0.1, -0.05) is 17.7 Å². The summed E-state index contributed by atoms with van der Waals surface area (Å²) < 4.78 is 26.8. The topological polar surface area (TPSA) is 57.6 Å². The fraction of sp³-hybridized carbons (Fsp3) is 0.333. The summed E-state index contributed by atoms with van der Waals surface area (Å²) >= 11 is 0. The van der Waals surface area contributed by atoms with Crippen molar-refractivity contribution in [2.75, 3.05) is 6.54 Å². The number of amides is 1. The van der Waals surface area contributed by atoms with Gasteiger partial charge in [-0.05, 0) is 19.9 Å². The molecule has 0 saturated carbocycles. The number of carboxylic acid groups (broad SMARTS) is 1. The van der Waals surface area contributed by atoms with Gasteiger partial charge >= 0.3 is 5.97 Å². The maximum atomic E-state index is 13.6. The third-order valence-corrected chi connectivity index (χ3v) is 2.71. The van der Waals surface area contributed by atoms with Crippen molar-refractivity contribution < 1.29 is 23.5 Å². The number of aliphatic carboxylic acids is 1. The molecule has 0 spiro atoms. The van der Waals surface area contributed by atoms with Gasteiger partial charge < -0.3 is 10.0 Å². The summed E-state index contributed by atoms with van der Waals surface area (Å²) in [5.41, 5.74) is 0.746. The third-order valence-electron chi connectivity index (χ3n) is 2.71. The molecule has 114 valence electrons. The molecule has 0 heterocycles. The smallest absolute Gasteiger partial charge is 0.305 e. The van der Waals surface area contributed by atoms with E-state index in [1.54, 1.807) is 13.8 Å². The van der Waals surface area contributed by atoms with Crippen LogP contribution < -0.4 is 0 Å². The lowest BCUT2D eigenvalue weighted by Gasteiger charge is -2.21. The molecule has 0 unspecified atom stereocenters. The molecular weight excluding hydrogens is 280 g/mol. The van der Waals surface area contributed by atoms with Crippen molar-refractivity contribution in [3.8, 4) is 0 Å². The molecule has 0 fully saturated rings. The largest absolute Gasteiger partial charge is 0.481 e. The Bertz CT molecular complexity index is 566. The fourth-order valence-electron chi connectivity index (χ4n) is 1.71. The molecule has 0 aliphatic rings. The standard InChI is InChI=1S/C15H17F2NO3/c1-10(2)8-13(19)18(7-6-14(20)21)9-11-4-3-5-12(16)15(11)17/h3-5,8H,6-7,9H2,1-2H3,(H,20,21). The van der Waals surface area contributed by atoms with Crippen LogP contribution in [0.1, 0.15) is 25.8 Å². The zero-order chi connectivity index (χ0) is 16.0. The molecule has 1 rings (SSSR count). The Hall–Kier alpha value is -2.24. The number of hydrogen-bond donors (Lipinski definition) is 1. The van der Waals surface area contributed by atoms with Gasteiger partial charge in [0.1, 0.15) is 0 Å². The monoisotopic (exact) mass is 297 g/mol. The number of allylic oxidation sites excluding steroid dienone is 1. The Kier molecular flexibility index (Phi) is 6.02. The van der Waals surface area contributed by atoms with Crippen LogP contribution in [0.25, 0.3) is 0 Å². The van der Waals surface area contributed by atoms with Gasteiger partial charge in [-0.3, -0.25) is 9.59 Å². The lowest BCUT2D eigenvalue weighted by molar-refractivity contribution is -0.138. The maximum Gasteiger partial charge on any atom is 0.305 e. The Balaban J connectivity index is 2.95. The summed E-state index contributed by atoms with van der Waals surface area (Å²) in [5, 5.41) is 8.70. The van der Waals surface area contributed by atoms with Crippen LogP contribution in [0.2, 0.25) is 0 Å². The van der Waals surface area contributed by atoms with E-state index in [2.05, 4.69) is 0 Å². The first kappa shape index (κ1) is 16.8. The highest BCUT2D eigenvalue weighted by Gasteiger charge is 2.16. The van der Waals surface area contributed by atoms with E-state index in [4.69, 9.17) is 5.11 Å². The van der Waals surface area contributed by atoms with E-state index in [9.17, 15) is 18.4 Å². The van der Waals surface area contributed by atoms with Crippen LogP contribution in [-0.2, 0) is 16.1 Å². The number of carboxylic acids is 1. The summed E-state index contributed by atoms with van der Waals surface area (Å²) in [5.74, 6) is -3.52. The maximum absolute atomic E-state index is 13.6. The quantitative estimate of drug-likeness (QED) is 0.821. The van der Waals surface area contributed by atoms with Crippen LogP contribution in [0, 0.1) is 11.6 Å². The molecule has 0 radical (unpaired) electrons. The van der Waals surface area contributed by atoms with Gasteiger partial charge in [0.2, 0.25) is 5.91 Å². The van der Waals surface area contributed by atoms with Crippen molar-refractivity contribution in [2.24, 2.45) is 0 Å². The molecule has 0 aliphatic heterocycles. The summed E-state index contributed by atoms with van der Waals surface area (Å²) in [4.78, 5) is 23.8. The predicted octanol–water partition coefficient (Wildman–Crippen LogP) is 2.73. The fourth-order valence-corrected chi connectivity index (χ4v) is 1.71. The molecule has 0 aliphatic carbocycles. The molecular formula is C15H17F2NO3. The molecule has 4 nitrogen and oxygen atoms in total. The van der Waals surface area contributed by atoms with E-state index in [0.29, 0.717) is 0 Å². The average Bonchev–Trinajstić information content (AvgIpc) is 2.38. The number of rotatable bonds is 6. The first-order valence-electron chi connectivity index (χ1n) is 6.39. The van der Waals surface area contributed by atoms with Crippen molar-refractivity contribution >= 4 is 11.9 Å². The van der Waals surface area contributed by atoms with Crippen LogP contribution in [0.15, 0.2) is 29.8 Å².